The smallest absolute Gasteiger partial charge is 0.352 e. The Morgan fingerprint density at radius 1 is 1.00 bits per heavy atom. The van der Waals surface area contributed by atoms with Gasteiger partial charge < -0.3 is 10.2 Å². The summed E-state index contributed by atoms with van der Waals surface area (Å²) in [5.74, 6) is -2.29. The molecule has 0 bridgehead atoms. The van der Waals surface area contributed by atoms with Crippen LogP contribution in [0.4, 0.5) is 0 Å². The van der Waals surface area contributed by atoms with Crippen molar-refractivity contribution < 1.29 is 28.8 Å². The number of hydrogen-bond acceptors (Lipinski definition) is 7. The number of carbonyl (C=O) groups is 5. The average molecular weight is 456 g/mol. The Morgan fingerprint density at radius 3 is 2.21 bits per heavy atom. The molecule has 4 amide bonds. The Bertz CT molecular complexity index is 952. The van der Waals surface area contributed by atoms with Gasteiger partial charge in [-0.25, -0.2) is 10.2 Å². The van der Waals surface area contributed by atoms with E-state index in [1.165, 1.54) is 12.1 Å². The first kappa shape index (κ1) is 25.4. The van der Waals surface area contributed by atoms with Gasteiger partial charge in [0.25, 0.3) is 11.8 Å². The Labute approximate surface area is 192 Å². The summed E-state index contributed by atoms with van der Waals surface area (Å²) in [4.78, 5) is 63.4. The molecule has 0 aliphatic carbocycles. The second-order valence-corrected chi connectivity index (χ2v) is 7.62. The predicted molar refractivity (Wildman–Crippen MR) is 120 cm³/mol. The third-order valence-corrected chi connectivity index (χ3v) is 4.82. The molecule has 1 saturated heterocycles. The van der Waals surface area contributed by atoms with Crippen LogP contribution >= 0.6 is 0 Å². The van der Waals surface area contributed by atoms with Crippen LogP contribution in [0.1, 0.15) is 68.3 Å². The highest BCUT2D eigenvalue weighted by Crippen LogP contribution is 2.15. The number of rotatable bonds is 11. The number of hydroxylamine groups is 2. The maximum atomic E-state index is 12.1. The first-order valence-electron chi connectivity index (χ1n) is 10.6. The van der Waals surface area contributed by atoms with E-state index in [1.54, 1.807) is 26.0 Å². The lowest BCUT2D eigenvalue weighted by molar-refractivity contribution is -0.172. The normalized spacial score (nSPS) is 13.6. The van der Waals surface area contributed by atoms with E-state index in [4.69, 9.17) is 4.84 Å². The molecule has 10 nitrogen and oxygen atoms in total. The van der Waals surface area contributed by atoms with Crippen molar-refractivity contribution >= 4 is 35.3 Å². The van der Waals surface area contributed by atoms with Crippen molar-refractivity contribution in [3.8, 4) is 0 Å². The second-order valence-electron chi connectivity index (χ2n) is 7.62. The molecule has 0 aromatic heterocycles. The monoisotopic (exact) mass is 456 g/mol. The maximum absolute atomic E-state index is 12.1. The van der Waals surface area contributed by atoms with Gasteiger partial charge in [-0.2, -0.15) is 5.10 Å². The number of imide groups is 1. The molecule has 1 heterocycles. The fourth-order valence-electron chi connectivity index (χ4n) is 2.85. The number of nitrogens with one attached hydrogen (secondary N) is 2. The van der Waals surface area contributed by atoms with Crippen molar-refractivity contribution in [2.45, 2.75) is 52.4 Å². The van der Waals surface area contributed by atoms with Crippen LogP contribution in [0, 0.1) is 0 Å². The molecule has 1 fully saturated rings. The highest BCUT2D eigenvalue weighted by atomic mass is 16.7. The van der Waals surface area contributed by atoms with Gasteiger partial charge in [0.1, 0.15) is 0 Å². The Balaban J connectivity index is 1.74. The number of unbranched alkanes of at least 4 members (excludes halogenated alkanes) is 2. The van der Waals surface area contributed by atoms with E-state index in [1.807, 2.05) is 0 Å². The van der Waals surface area contributed by atoms with Gasteiger partial charge in [-0.1, -0.05) is 25.1 Å². The molecule has 2 N–H and O–H groups in total. The summed E-state index contributed by atoms with van der Waals surface area (Å²) in [7, 11) is 0. The Morgan fingerprint density at radius 2 is 1.61 bits per heavy atom. The highest BCUT2D eigenvalue weighted by molar-refractivity contribution is 6.03. The number of nitrogens with zero attached hydrogens (tertiary/aromatic N) is 2. The van der Waals surface area contributed by atoms with Gasteiger partial charge in [0.15, 0.2) is 0 Å². The van der Waals surface area contributed by atoms with Gasteiger partial charge in [0, 0.05) is 31.4 Å². The van der Waals surface area contributed by atoms with Gasteiger partial charge in [-0.3, -0.25) is 19.2 Å². The zero-order valence-corrected chi connectivity index (χ0v) is 18.8. The standard InChI is InChI=1S/C23H28N4O6/c1-15(2)22(31)24-14-6-4-5-7-19(28)26-25-16(3)17-8-10-18(11-9-17)23(32)33-27-20(29)12-13-21(27)30/h8-11H,1,4-7,12-14H2,2-3H3,(H,24,31)(H,26,28)/b25-16+. The molecule has 1 aliphatic heterocycles. The van der Waals surface area contributed by atoms with Crippen LogP contribution in [-0.2, 0) is 24.0 Å². The van der Waals surface area contributed by atoms with Crippen LogP contribution in [0.5, 0.6) is 0 Å². The Kier molecular flexibility index (Phi) is 9.46. The van der Waals surface area contributed by atoms with Crippen LogP contribution in [0.25, 0.3) is 0 Å². The summed E-state index contributed by atoms with van der Waals surface area (Å²) in [6, 6.07) is 6.20. The molecule has 1 aliphatic rings. The molecule has 0 radical (unpaired) electrons. The fourth-order valence-corrected chi connectivity index (χ4v) is 2.85. The van der Waals surface area contributed by atoms with Gasteiger partial charge in [-0.05, 0) is 44.4 Å². The molecule has 0 spiro atoms. The van der Waals surface area contributed by atoms with E-state index in [9.17, 15) is 24.0 Å². The molecule has 2 rings (SSSR count). The number of carbonyl (C=O) groups excluding carboxylic acids is 5. The van der Waals surface area contributed by atoms with Crippen molar-refractivity contribution in [3.63, 3.8) is 0 Å². The molecular weight excluding hydrogens is 428 g/mol. The lowest BCUT2D eigenvalue weighted by Gasteiger charge is -2.12. The van der Waals surface area contributed by atoms with Gasteiger partial charge in [0.2, 0.25) is 11.8 Å². The number of hydrazone groups is 1. The van der Waals surface area contributed by atoms with Crippen LogP contribution in [0.2, 0.25) is 0 Å². The summed E-state index contributed by atoms with van der Waals surface area (Å²) >= 11 is 0. The zero-order valence-electron chi connectivity index (χ0n) is 18.8. The minimum Gasteiger partial charge on any atom is -0.352 e. The van der Waals surface area contributed by atoms with Crippen molar-refractivity contribution in [2.75, 3.05) is 6.54 Å². The van der Waals surface area contributed by atoms with Crippen molar-refractivity contribution in [1.29, 1.82) is 0 Å². The summed E-state index contributed by atoms with van der Waals surface area (Å²) in [6.07, 6.45) is 2.59. The van der Waals surface area contributed by atoms with E-state index in [-0.39, 0.29) is 30.2 Å². The molecule has 0 unspecified atom stereocenters. The Hall–Kier alpha value is -3.82. The first-order chi connectivity index (χ1) is 15.7. The largest absolute Gasteiger partial charge is 0.363 e. The molecule has 0 atom stereocenters. The average Bonchev–Trinajstić information content (AvgIpc) is 3.11. The van der Waals surface area contributed by atoms with E-state index >= 15 is 0 Å². The lowest BCUT2D eigenvalue weighted by Crippen LogP contribution is -2.32. The van der Waals surface area contributed by atoms with Crippen LogP contribution < -0.4 is 10.7 Å². The summed E-state index contributed by atoms with van der Waals surface area (Å²) in [6.45, 7) is 7.46. The van der Waals surface area contributed by atoms with Crippen LogP contribution in [-0.4, -0.2) is 46.9 Å². The summed E-state index contributed by atoms with van der Waals surface area (Å²) < 4.78 is 0. The third kappa shape index (κ3) is 7.99. The predicted octanol–water partition coefficient (Wildman–Crippen LogP) is 2.00. The number of benzene rings is 1. The van der Waals surface area contributed by atoms with E-state index in [2.05, 4.69) is 22.4 Å². The molecular formula is C23H28N4O6. The first-order valence-corrected chi connectivity index (χ1v) is 10.6. The summed E-state index contributed by atoms with van der Waals surface area (Å²) in [5, 5.41) is 7.30. The maximum Gasteiger partial charge on any atom is 0.363 e. The van der Waals surface area contributed by atoms with Crippen molar-refractivity contribution in [1.82, 2.24) is 15.8 Å². The van der Waals surface area contributed by atoms with Gasteiger partial charge in [-0.15, -0.1) is 5.06 Å². The minimum absolute atomic E-state index is 0.0279. The number of hydrogen-bond donors (Lipinski definition) is 2. The quantitative estimate of drug-likeness (QED) is 0.172. The third-order valence-electron chi connectivity index (χ3n) is 4.82. The molecule has 176 valence electrons. The van der Waals surface area contributed by atoms with Crippen LogP contribution in [0.3, 0.4) is 0 Å². The minimum atomic E-state index is -0.813. The van der Waals surface area contributed by atoms with Crippen LogP contribution in [0.15, 0.2) is 41.5 Å². The summed E-state index contributed by atoms with van der Waals surface area (Å²) in [5.41, 5.74) is 4.34. The van der Waals surface area contributed by atoms with Gasteiger partial charge >= 0.3 is 5.97 Å². The highest BCUT2D eigenvalue weighted by Gasteiger charge is 2.33. The second kappa shape index (κ2) is 12.3. The lowest BCUT2D eigenvalue weighted by atomic mass is 10.1. The molecule has 33 heavy (non-hydrogen) atoms. The molecule has 0 saturated carbocycles. The topological polar surface area (TPSA) is 134 Å². The molecule has 10 heteroatoms. The molecule has 1 aromatic rings. The zero-order chi connectivity index (χ0) is 24.4. The number of amides is 4. The molecule has 1 aromatic carbocycles. The SMILES string of the molecule is C=C(C)C(=O)NCCCCCC(=O)N/N=C(\C)c1ccc(C(=O)ON2C(=O)CCC2=O)cc1. The van der Waals surface area contributed by atoms with Crippen molar-refractivity contribution in [3.05, 3.63) is 47.5 Å². The van der Waals surface area contributed by atoms with E-state index < -0.39 is 17.8 Å². The van der Waals surface area contributed by atoms with E-state index in [0.29, 0.717) is 41.3 Å². The van der Waals surface area contributed by atoms with Gasteiger partial charge in [0.05, 0.1) is 11.3 Å². The fraction of sp³-hybridized carbons (Fsp3) is 0.391. The van der Waals surface area contributed by atoms with E-state index in [0.717, 1.165) is 12.8 Å². The van der Waals surface area contributed by atoms with Crippen molar-refractivity contribution in [2.24, 2.45) is 5.10 Å².